The summed E-state index contributed by atoms with van der Waals surface area (Å²) in [5, 5.41) is 13.2. The minimum atomic E-state index is -0.689. The van der Waals surface area contributed by atoms with Crippen molar-refractivity contribution in [1.82, 2.24) is 9.13 Å². The van der Waals surface area contributed by atoms with Crippen molar-refractivity contribution in [1.29, 1.82) is 5.26 Å². The molecule has 0 saturated carbocycles. The first-order valence-electron chi connectivity index (χ1n) is 10.0. The molecule has 1 aromatic heterocycles. The number of nitrogens with zero attached hydrogens (tertiary/aromatic N) is 4. The molecule has 3 aromatic carbocycles. The van der Waals surface area contributed by atoms with Crippen LogP contribution in [0.4, 0.5) is 10.5 Å². The standard InChI is InChI=1S/C25H19N5O2S/c1-33-23-21(17-26)22(28-24(31)27-18-11-5-2-6-12-18)29(19-13-7-3-8-14-19)25(32)30(23)20-15-9-4-10-16-20/h2-16H,1H3,(H,27,31)/b28-22-. The molecule has 8 heteroatoms. The number of carbonyl (C=O) groups excluding carboxylic acids is 1. The average molecular weight is 454 g/mol. The molecule has 1 N–H and O–H groups in total. The maximum Gasteiger partial charge on any atom is 0.347 e. The number of thioether (sulfide) groups is 1. The maximum atomic E-state index is 13.8. The van der Waals surface area contributed by atoms with Crippen LogP contribution in [-0.4, -0.2) is 21.4 Å². The van der Waals surface area contributed by atoms with E-state index in [1.807, 2.05) is 30.3 Å². The van der Waals surface area contributed by atoms with E-state index in [0.29, 0.717) is 22.1 Å². The van der Waals surface area contributed by atoms with Gasteiger partial charge in [0.2, 0.25) is 0 Å². The fourth-order valence-electron chi connectivity index (χ4n) is 3.38. The highest BCUT2D eigenvalue weighted by molar-refractivity contribution is 7.98. The quantitative estimate of drug-likeness (QED) is 0.367. The molecule has 0 aliphatic heterocycles. The van der Waals surface area contributed by atoms with Crippen LogP contribution in [0.1, 0.15) is 5.56 Å². The largest absolute Gasteiger partial charge is 0.347 e. The van der Waals surface area contributed by atoms with Gasteiger partial charge in [0.15, 0.2) is 5.49 Å². The van der Waals surface area contributed by atoms with Crippen molar-refractivity contribution < 1.29 is 4.79 Å². The van der Waals surface area contributed by atoms with Crippen LogP contribution in [0.15, 0.2) is 106 Å². The Morgan fingerprint density at radius 3 is 1.91 bits per heavy atom. The number of para-hydroxylation sites is 3. The van der Waals surface area contributed by atoms with Crippen molar-refractivity contribution in [2.24, 2.45) is 4.99 Å². The topological polar surface area (TPSA) is 92.2 Å². The Kier molecular flexibility index (Phi) is 6.53. The Morgan fingerprint density at radius 1 is 0.879 bits per heavy atom. The molecule has 4 rings (SSSR count). The highest BCUT2D eigenvalue weighted by atomic mass is 32.2. The van der Waals surface area contributed by atoms with Crippen molar-refractivity contribution in [2.45, 2.75) is 5.03 Å². The van der Waals surface area contributed by atoms with Gasteiger partial charge in [-0.2, -0.15) is 10.3 Å². The average Bonchev–Trinajstić information content (AvgIpc) is 2.85. The minimum Gasteiger partial charge on any atom is -0.306 e. The van der Waals surface area contributed by atoms with Gasteiger partial charge in [-0.25, -0.2) is 14.2 Å². The van der Waals surface area contributed by atoms with E-state index in [9.17, 15) is 14.9 Å². The Morgan fingerprint density at radius 2 is 1.39 bits per heavy atom. The number of anilines is 1. The van der Waals surface area contributed by atoms with Crippen LogP contribution in [0.3, 0.4) is 0 Å². The smallest absolute Gasteiger partial charge is 0.306 e. The first-order valence-corrected chi connectivity index (χ1v) is 11.2. The molecule has 0 aliphatic rings. The number of benzene rings is 3. The third-order valence-electron chi connectivity index (χ3n) is 4.80. The van der Waals surface area contributed by atoms with E-state index in [1.165, 1.54) is 20.9 Å². The SMILES string of the molecule is CSc1c(C#N)/c(=N/C(=O)Nc2ccccc2)n(-c2ccccc2)c(=O)n1-c1ccccc1. The van der Waals surface area contributed by atoms with Crippen LogP contribution >= 0.6 is 11.8 Å². The lowest BCUT2D eigenvalue weighted by molar-refractivity contribution is 0.258. The lowest BCUT2D eigenvalue weighted by Crippen LogP contribution is -2.42. The Bertz CT molecular complexity index is 1450. The van der Waals surface area contributed by atoms with Crippen LogP contribution in [0, 0.1) is 11.3 Å². The summed E-state index contributed by atoms with van der Waals surface area (Å²) in [6.07, 6.45) is 1.77. The Hall–Kier alpha value is -4.35. The molecule has 0 fully saturated rings. The molecule has 0 bridgehead atoms. The zero-order valence-corrected chi connectivity index (χ0v) is 18.5. The van der Waals surface area contributed by atoms with Gasteiger partial charge in [0.05, 0.1) is 11.4 Å². The van der Waals surface area contributed by atoms with E-state index in [2.05, 4.69) is 16.4 Å². The van der Waals surface area contributed by atoms with Crippen molar-refractivity contribution in [3.05, 3.63) is 113 Å². The van der Waals surface area contributed by atoms with Crippen molar-refractivity contribution in [2.75, 3.05) is 11.6 Å². The molecular formula is C25H19N5O2S. The summed E-state index contributed by atoms with van der Waals surface area (Å²) < 4.78 is 2.75. The van der Waals surface area contributed by atoms with Gasteiger partial charge in [0.1, 0.15) is 16.7 Å². The van der Waals surface area contributed by atoms with E-state index in [4.69, 9.17) is 0 Å². The normalized spacial score (nSPS) is 11.1. The van der Waals surface area contributed by atoms with E-state index in [1.54, 1.807) is 66.9 Å². The molecule has 0 unspecified atom stereocenters. The number of urea groups is 1. The molecule has 33 heavy (non-hydrogen) atoms. The molecule has 4 aromatic rings. The molecule has 162 valence electrons. The Labute approximate surface area is 194 Å². The van der Waals surface area contributed by atoms with Gasteiger partial charge >= 0.3 is 11.7 Å². The summed E-state index contributed by atoms with van der Waals surface area (Å²) in [7, 11) is 0. The number of nitriles is 1. The number of rotatable bonds is 4. The van der Waals surface area contributed by atoms with Crippen LogP contribution < -0.4 is 16.5 Å². The highest BCUT2D eigenvalue weighted by Gasteiger charge is 2.20. The van der Waals surface area contributed by atoms with Gasteiger partial charge in [-0.05, 0) is 42.7 Å². The molecule has 1 heterocycles. The van der Waals surface area contributed by atoms with Crippen molar-refractivity contribution in [3.63, 3.8) is 0 Å². The monoisotopic (exact) mass is 453 g/mol. The van der Waals surface area contributed by atoms with Crippen LogP contribution in [0.5, 0.6) is 0 Å². The number of nitrogens with one attached hydrogen (secondary N) is 1. The van der Waals surface area contributed by atoms with Gasteiger partial charge in [0, 0.05) is 5.69 Å². The first-order chi connectivity index (χ1) is 16.1. The third kappa shape index (κ3) is 4.49. The lowest BCUT2D eigenvalue weighted by Gasteiger charge is -2.17. The Balaban J connectivity index is 2.05. The van der Waals surface area contributed by atoms with Gasteiger partial charge < -0.3 is 5.32 Å². The third-order valence-corrected chi connectivity index (χ3v) is 5.57. The predicted molar refractivity (Wildman–Crippen MR) is 129 cm³/mol. The zero-order chi connectivity index (χ0) is 23.2. The zero-order valence-electron chi connectivity index (χ0n) is 17.7. The van der Waals surface area contributed by atoms with Crippen molar-refractivity contribution in [3.8, 4) is 17.4 Å². The van der Waals surface area contributed by atoms with E-state index in [0.717, 1.165) is 0 Å². The second-order valence-corrected chi connectivity index (χ2v) is 7.65. The predicted octanol–water partition coefficient (Wildman–Crippen LogP) is 4.35. The molecule has 7 nitrogen and oxygen atoms in total. The van der Waals surface area contributed by atoms with E-state index >= 15 is 0 Å². The first kappa shape index (κ1) is 21.9. The number of aromatic nitrogens is 2. The molecular weight excluding hydrogens is 434 g/mol. The van der Waals surface area contributed by atoms with Gasteiger partial charge in [-0.3, -0.25) is 4.57 Å². The molecule has 0 atom stereocenters. The summed E-state index contributed by atoms with van der Waals surface area (Å²) in [4.78, 5) is 30.7. The fraction of sp³-hybridized carbons (Fsp3) is 0.0400. The number of amides is 2. The van der Waals surface area contributed by atoms with Crippen LogP contribution in [0.25, 0.3) is 11.4 Å². The highest BCUT2D eigenvalue weighted by Crippen LogP contribution is 2.20. The van der Waals surface area contributed by atoms with Crippen LogP contribution in [0.2, 0.25) is 0 Å². The molecule has 0 saturated heterocycles. The summed E-state index contributed by atoms with van der Waals surface area (Å²) in [6, 6.07) is 28.2. The van der Waals surface area contributed by atoms with Gasteiger partial charge in [0.25, 0.3) is 0 Å². The summed E-state index contributed by atoms with van der Waals surface area (Å²) in [6.45, 7) is 0. The van der Waals surface area contributed by atoms with Crippen LogP contribution in [-0.2, 0) is 0 Å². The van der Waals surface area contributed by atoms with Crippen molar-refractivity contribution >= 4 is 23.5 Å². The number of hydrogen-bond donors (Lipinski definition) is 1. The second kappa shape index (κ2) is 9.85. The maximum absolute atomic E-state index is 13.8. The number of hydrogen-bond acceptors (Lipinski definition) is 4. The minimum absolute atomic E-state index is 0.0290. The summed E-state index contributed by atoms with van der Waals surface area (Å²) in [5.41, 5.74) is 1.30. The van der Waals surface area contributed by atoms with E-state index in [-0.39, 0.29) is 11.1 Å². The van der Waals surface area contributed by atoms with Gasteiger partial charge in [-0.15, -0.1) is 11.8 Å². The molecule has 0 spiro atoms. The van der Waals surface area contributed by atoms with Gasteiger partial charge in [-0.1, -0.05) is 54.6 Å². The summed E-state index contributed by atoms with van der Waals surface area (Å²) >= 11 is 1.24. The summed E-state index contributed by atoms with van der Waals surface area (Å²) in [5.74, 6) is 0. The molecule has 0 aliphatic carbocycles. The molecule has 0 radical (unpaired) electrons. The molecule has 2 amide bonds. The lowest BCUT2D eigenvalue weighted by atomic mass is 10.2. The fourth-order valence-corrected chi connectivity index (χ4v) is 4.08. The second-order valence-electron chi connectivity index (χ2n) is 6.85. The van der Waals surface area contributed by atoms with E-state index < -0.39 is 11.7 Å². The number of carbonyl (C=O) groups is 1.